The lowest BCUT2D eigenvalue weighted by molar-refractivity contribution is -0.385. The summed E-state index contributed by atoms with van der Waals surface area (Å²) in [5, 5.41) is 32.3. The average Bonchev–Trinajstić information content (AvgIpc) is 3.11. The van der Waals surface area contributed by atoms with Crippen molar-refractivity contribution in [3.63, 3.8) is 0 Å². The standard InChI is InChI=1S/C19H13N3O3S/c1-12-2-5-14(6-3-12)16-11-26-19(21-16)15(10-20)8-13-4-7-18(23)17(9-13)22(24)25/h2-9,11,23H,1H3/b15-8+. The molecule has 0 radical (unpaired) electrons. The Morgan fingerprint density at radius 3 is 2.69 bits per heavy atom. The van der Waals surface area contributed by atoms with Gasteiger partial charge in [-0.2, -0.15) is 5.26 Å². The molecule has 7 heteroatoms. The van der Waals surface area contributed by atoms with E-state index in [9.17, 15) is 20.5 Å². The molecule has 0 atom stereocenters. The number of nitro groups is 1. The Labute approximate surface area is 153 Å². The maximum atomic E-state index is 10.9. The molecular formula is C19H13N3O3S. The van der Waals surface area contributed by atoms with Crippen LogP contribution in [0.25, 0.3) is 22.9 Å². The Morgan fingerprint density at radius 1 is 1.31 bits per heavy atom. The minimum Gasteiger partial charge on any atom is -0.502 e. The molecule has 1 N–H and O–H groups in total. The fourth-order valence-electron chi connectivity index (χ4n) is 2.34. The highest BCUT2D eigenvalue weighted by atomic mass is 32.1. The molecule has 0 bridgehead atoms. The monoisotopic (exact) mass is 363 g/mol. The van der Waals surface area contributed by atoms with E-state index < -0.39 is 16.4 Å². The molecule has 0 saturated heterocycles. The van der Waals surface area contributed by atoms with Crippen molar-refractivity contribution in [3.05, 3.63) is 74.1 Å². The molecule has 0 amide bonds. The zero-order valence-electron chi connectivity index (χ0n) is 13.7. The van der Waals surface area contributed by atoms with Crippen LogP contribution in [-0.4, -0.2) is 15.0 Å². The van der Waals surface area contributed by atoms with Gasteiger partial charge in [0.2, 0.25) is 0 Å². The third kappa shape index (κ3) is 3.61. The maximum absolute atomic E-state index is 10.9. The van der Waals surface area contributed by atoms with Crippen LogP contribution < -0.4 is 0 Å². The van der Waals surface area contributed by atoms with Crippen molar-refractivity contribution >= 4 is 28.7 Å². The lowest BCUT2D eigenvalue weighted by Crippen LogP contribution is -1.89. The molecule has 0 unspecified atom stereocenters. The molecule has 1 heterocycles. The first-order valence-electron chi connectivity index (χ1n) is 7.60. The van der Waals surface area contributed by atoms with Gasteiger partial charge in [-0.1, -0.05) is 35.9 Å². The summed E-state index contributed by atoms with van der Waals surface area (Å²) in [7, 11) is 0. The zero-order chi connectivity index (χ0) is 18.7. The SMILES string of the molecule is Cc1ccc(-c2csc(/C(C#N)=C/c3ccc(O)c([N+](=O)[O-])c3)n2)cc1. The maximum Gasteiger partial charge on any atom is 0.311 e. The summed E-state index contributed by atoms with van der Waals surface area (Å²) in [6.07, 6.45) is 1.52. The molecule has 2 aromatic carbocycles. The van der Waals surface area contributed by atoms with Gasteiger partial charge in [0.1, 0.15) is 11.1 Å². The third-order valence-corrected chi connectivity index (χ3v) is 4.59. The number of aromatic nitrogens is 1. The smallest absolute Gasteiger partial charge is 0.311 e. The summed E-state index contributed by atoms with van der Waals surface area (Å²) in [5.74, 6) is -0.415. The van der Waals surface area contributed by atoms with Crippen LogP contribution in [0.2, 0.25) is 0 Å². The van der Waals surface area contributed by atoms with E-state index >= 15 is 0 Å². The average molecular weight is 363 g/mol. The van der Waals surface area contributed by atoms with E-state index in [-0.39, 0.29) is 0 Å². The number of aromatic hydroxyl groups is 1. The van der Waals surface area contributed by atoms with Crippen LogP contribution in [0.1, 0.15) is 16.1 Å². The molecule has 0 saturated carbocycles. The summed E-state index contributed by atoms with van der Waals surface area (Å²) >= 11 is 1.33. The van der Waals surface area contributed by atoms with Gasteiger partial charge in [-0.25, -0.2) is 4.98 Å². The molecule has 3 aromatic rings. The number of aryl methyl sites for hydroxylation is 1. The highest BCUT2D eigenvalue weighted by molar-refractivity contribution is 7.11. The minimum absolute atomic E-state index is 0.299. The van der Waals surface area contributed by atoms with E-state index in [1.165, 1.54) is 35.6 Å². The van der Waals surface area contributed by atoms with Gasteiger partial charge in [0.25, 0.3) is 0 Å². The van der Waals surface area contributed by atoms with E-state index in [4.69, 9.17) is 0 Å². The van der Waals surface area contributed by atoms with Gasteiger partial charge in [0.15, 0.2) is 5.75 Å². The number of hydrogen-bond acceptors (Lipinski definition) is 6. The van der Waals surface area contributed by atoms with Crippen LogP contribution >= 0.6 is 11.3 Å². The van der Waals surface area contributed by atoms with Crippen molar-refractivity contribution in [2.75, 3.05) is 0 Å². The number of nitriles is 1. The normalized spacial score (nSPS) is 11.2. The van der Waals surface area contributed by atoms with E-state index in [2.05, 4.69) is 11.1 Å². The lowest BCUT2D eigenvalue weighted by Gasteiger charge is -1.99. The van der Waals surface area contributed by atoms with Crippen LogP contribution in [0.15, 0.2) is 47.8 Å². The van der Waals surface area contributed by atoms with Gasteiger partial charge >= 0.3 is 5.69 Å². The molecule has 128 valence electrons. The number of thiazole rings is 1. The molecule has 0 aliphatic rings. The third-order valence-electron chi connectivity index (χ3n) is 3.71. The van der Waals surface area contributed by atoms with Crippen LogP contribution in [0, 0.1) is 28.4 Å². The predicted octanol–water partition coefficient (Wildman–Crippen LogP) is 4.80. The Balaban J connectivity index is 1.96. The summed E-state index contributed by atoms with van der Waals surface area (Å²) < 4.78 is 0. The van der Waals surface area contributed by atoms with E-state index in [1.807, 2.05) is 36.6 Å². The van der Waals surface area contributed by atoms with Crippen molar-refractivity contribution in [2.24, 2.45) is 0 Å². The lowest BCUT2D eigenvalue weighted by atomic mass is 10.1. The predicted molar refractivity (Wildman–Crippen MR) is 101 cm³/mol. The van der Waals surface area contributed by atoms with Crippen LogP contribution in [0.4, 0.5) is 5.69 Å². The van der Waals surface area contributed by atoms with Gasteiger partial charge in [-0.05, 0) is 24.6 Å². The molecule has 0 fully saturated rings. The first kappa shape index (κ1) is 17.3. The fraction of sp³-hybridized carbons (Fsp3) is 0.0526. The number of phenols is 1. The minimum atomic E-state index is -0.669. The van der Waals surface area contributed by atoms with Gasteiger partial charge < -0.3 is 5.11 Å². The fourth-order valence-corrected chi connectivity index (χ4v) is 3.13. The van der Waals surface area contributed by atoms with Gasteiger partial charge in [0, 0.05) is 17.0 Å². The quantitative estimate of drug-likeness (QED) is 0.408. The number of phenolic OH excluding ortho intramolecular Hbond substituents is 1. The Bertz CT molecular complexity index is 1050. The number of nitrogens with zero attached hydrogens (tertiary/aromatic N) is 3. The van der Waals surface area contributed by atoms with Crippen molar-refractivity contribution in [3.8, 4) is 23.1 Å². The molecule has 3 rings (SSSR count). The topological polar surface area (TPSA) is 100 Å². The van der Waals surface area contributed by atoms with Crippen molar-refractivity contribution in [1.29, 1.82) is 5.26 Å². The molecule has 1 aromatic heterocycles. The summed E-state index contributed by atoms with van der Waals surface area (Å²) in [5.41, 5.74) is 3.20. The second-order valence-electron chi connectivity index (χ2n) is 5.58. The summed E-state index contributed by atoms with van der Waals surface area (Å²) in [6.45, 7) is 2.00. The molecule has 6 nitrogen and oxygen atoms in total. The van der Waals surface area contributed by atoms with Crippen LogP contribution in [-0.2, 0) is 0 Å². The van der Waals surface area contributed by atoms with Crippen LogP contribution in [0.3, 0.4) is 0 Å². The largest absolute Gasteiger partial charge is 0.502 e. The molecule has 26 heavy (non-hydrogen) atoms. The van der Waals surface area contributed by atoms with E-state index in [1.54, 1.807) is 0 Å². The Kier molecular flexibility index (Phi) is 4.78. The van der Waals surface area contributed by atoms with E-state index in [0.29, 0.717) is 16.1 Å². The van der Waals surface area contributed by atoms with Gasteiger partial charge in [-0.3, -0.25) is 10.1 Å². The second-order valence-corrected chi connectivity index (χ2v) is 6.44. The van der Waals surface area contributed by atoms with Crippen molar-refractivity contribution in [1.82, 2.24) is 4.98 Å². The first-order valence-corrected chi connectivity index (χ1v) is 8.48. The molecule has 0 aliphatic carbocycles. The highest BCUT2D eigenvalue weighted by Gasteiger charge is 2.14. The molecule has 0 spiro atoms. The van der Waals surface area contributed by atoms with Gasteiger partial charge in [0.05, 0.1) is 16.2 Å². The summed E-state index contributed by atoms with van der Waals surface area (Å²) in [4.78, 5) is 14.8. The van der Waals surface area contributed by atoms with Gasteiger partial charge in [-0.15, -0.1) is 11.3 Å². The number of benzene rings is 2. The van der Waals surface area contributed by atoms with E-state index in [0.717, 1.165) is 16.8 Å². The van der Waals surface area contributed by atoms with Crippen LogP contribution in [0.5, 0.6) is 5.75 Å². The van der Waals surface area contributed by atoms with Crippen molar-refractivity contribution < 1.29 is 10.0 Å². The highest BCUT2D eigenvalue weighted by Crippen LogP contribution is 2.30. The molecular weight excluding hydrogens is 350 g/mol. The zero-order valence-corrected chi connectivity index (χ0v) is 14.5. The number of allylic oxidation sites excluding steroid dienone is 1. The number of hydrogen-bond donors (Lipinski definition) is 1. The Morgan fingerprint density at radius 2 is 2.04 bits per heavy atom. The summed E-state index contributed by atoms with van der Waals surface area (Å²) in [6, 6.07) is 14.0. The molecule has 0 aliphatic heterocycles. The second kappa shape index (κ2) is 7.17. The first-order chi connectivity index (χ1) is 12.5. The van der Waals surface area contributed by atoms with Crippen molar-refractivity contribution in [2.45, 2.75) is 6.92 Å². The Hall–Kier alpha value is -3.50. The number of rotatable bonds is 4. The number of nitro benzene ring substituents is 1.